The molecule has 1 aromatic rings. The Kier molecular flexibility index (Phi) is 3.19. The lowest BCUT2D eigenvalue weighted by atomic mass is 9.77. The highest BCUT2D eigenvalue weighted by atomic mass is 16.7. The van der Waals surface area contributed by atoms with Crippen LogP contribution in [0.1, 0.15) is 45.7 Å². The maximum Gasteiger partial charge on any atom is 0.494 e. The molecule has 0 radical (unpaired) electrons. The summed E-state index contributed by atoms with van der Waals surface area (Å²) in [6, 6.07) is 4.13. The number of hydrogen-bond acceptors (Lipinski definition) is 3. The molecule has 2 aliphatic heterocycles. The second kappa shape index (κ2) is 4.58. The number of anilines is 1. The fourth-order valence-electron chi connectivity index (χ4n) is 2.85. The fourth-order valence-corrected chi connectivity index (χ4v) is 2.85. The van der Waals surface area contributed by atoms with Crippen LogP contribution in [0.3, 0.4) is 0 Å². The SMILES string of the molecule is CCc1cc(B2OC(C)(C)C(C)(C)O2)cc2c1NC(=O)C2. The van der Waals surface area contributed by atoms with Crippen LogP contribution in [0.2, 0.25) is 0 Å². The van der Waals surface area contributed by atoms with Crippen LogP contribution >= 0.6 is 0 Å². The molecule has 0 spiro atoms. The van der Waals surface area contributed by atoms with Gasteiger partial charge < -0.3 is 14.6 Å². The second-order valence-electron chi connectivity index (χ2n) is 6.88. The van der Waals surface area contributed by atoms with Crippen LogP contribution < -0.4 is 10.8 Å². The molecule has 21 heavy (non-hydrogen) atoms. The number of benzene rings is 1. The zero-order valence-electron chi connectivity index (χ0n) is 13.4. The van der Waals surface area contributed by atoms with Crippen molar-refractivity contribution < 1.29 is 14.1 Å². The van der Waals surface area contributed by atoms with Crippen molar-refractivity contribution in [2.45, 2.75) is 58.7 Å². The Hall–Kier alpha value is -1.33. The molecule has 5 heteroatoms. The monoisotopic (exact) mass is 287 g/mol. The average molecular weight is 287 g/mol. The van der Waals surface area contributed by atoms with Crippen molar-refractivity contribution in [2.75, 3.05) is 5.32 Å². The molecule has 3 rings (SSSR count). The maximum absolute atomic E-state index is 11.6. The van der Waals surface area contributed by atoms with Crippen LogP contribution in [-0.4, -0.2) is 24.2 Å². The summed E-state index contributed by atoms with van der Waals surface area (Å²) in [5, 5.41) is 2.95. The topological polar surface area (TPSA) is 47.6 Å². The molecule has 1 N–H and O–H groups in total. The normalized spacial score (nSPS) is 22.3. The van der Waals surface area contributed by atoms with Gasteiger partial charge in [0.05, 0.1) is 17.6 Å². The Bertz CT molecular complexity index is 594. The van der Waals surface area contributed by atoms with E-state index in [9.17, 15) is 4.79 Å². The lowest BCUT2D eigenvalue weighted by Gasteiger charge is -2.32. The maximum atomic E-state index is 11.6. The van der Waals surface area contributed by atoms with Crippen molar-refractivity contribution in [3.8, 4) is 0 Å². The molecule has 0 aliphatic carbocycles. The third-order valence-corrected chi connectivity index (χ3v) is 4.85. The van der Waals surface area contributed by atoms with E-state index in [1.54, 1.807) is 0 Å². The minimum absolute atomic E-state index is 0.0609. The van der Waals surface area contributed by atoms with Gasteiger partial charge >= 0.3 is 7.12 Å². The van der Waals surface area contributed by atoms with Crippen molar-refractivity contribution in [3.63, 3.8) is 0 Å². The Morgan fingerprint density at radius 3 is 2.38 bits per heavy atom. The molecule has 0 aromatic heterocycles. The third kappa shape index (κ3) is 2.28. The molecule has 112 valence electrons. The highest BCUT2D eigenvalue weighted by Crippen LogP contribution is 2.37. The third-order valence-electron chi connectivity index (χ3n) is 4.85. The second-order valence-corrected chi connectivity index (χ2v) is 6.88. The Morgan fingerprint density at radius 2 is 1.81 bits per heavy atom. The lowest BCUT2D eigenvalue weighted by Crippen LogP contribution is -2.41. The van der Waals surface area contributed by atoms with E-state index < -0.39 is 0 Å². The van der Waals surface area contributed by atoms with Gasteiger partial charge in [0.2, 0.25) is 5.91 Å². The van der Waals surface area contributed by atoms with Crippen LogP contribution in [0.5, 0.6) is 0 Å². The van der Waals surface area contributed by atoms with Crippen molar-refractivity contribution in [2.24, 2.45) is 0 Å². The minimum Gasteiger partial charge on any atom is -0.399 e. The highest BCUT2D eigenvalue weighted by molar-refractivity contribution is 6.62. The quantitative estimate of drug-likeness (QED) is 0.847. The minimum atomic E-state index is -0.374. The first-order valence-corrected chi connectivity index (χ1v) is 7.54. The summed E-state index contributed by atoms with van der Waals surface area (Å²) in [7, 11) is -0.374. The van der Waals surface area contributed by atoms with E-state index in [1.165, 1.54) is 0 Å². The van der Waals surface area contributed by atoms with Gasteiger partial charge in [0.1, 0.15) is 0 Å². The molecule has 0 atom stereocenters. The van der Waals surface area contributed by atoms with Crippen molar-refractivity contribution in [1.29, 1.82) is 0 Å². The van der Waals surface area contributed by atoms with Gasteiger partial charge in [-0.2, -0.15) is 0 Å². The number of fused-ring (bicyclic) bond motifs is 1. The van der Waals surface area contributed by atoms with Gasteiger partial charge in [-0.05, 0) is 50.7 Å². The van der Waals surface area contributed by atoms with Crippen LogP contribution in [0.15, 0.2) is 12.1 Å². The number of aryl methyl sites for hydroxylation is 1. The van der Waals surface area contributed by atoms with E-state index in [0.717, 1.165) is 28.7 Å². The van der Waals surface area contributed by atoms with E-state index in [4.69, 9.17) is 9.31 Å². The van der Waals surface area contributed by atoms with Crippen molar-refractivity contribution in [1.82, 2.24) is 0 Å². The molecule has 1 aromatic carbocycles. The van der Waals surface area contributed by atoms with Gasteiger partial charge in [-0.15, -0.1) is 0 Å². The Balaban J connectivity index is 1.98. The van der Waals surface area contributed by atoms with Crippen LogP contribution in [0.4, 0.5) is 5.69 Å². The molecule has 1 fully saturated rings. The standard InChI is InChI=1S/C16H22BNO3/c1-6-10-7-12(8-11-9-13(19)18-14(10)11)17-20-15(2,3)16(4,5)21-17/h7-8H,6,9H2,1-5H3,(H,18,19). The van der Waals surface area contributed by atoms with Gasteiger partial charge in [0.25, 0.3) is 0 Å². The first-order valence-electron chi connectivity index (χ1n) is 7.54. The predicted octanol–water partition coefficient (Wildman–Crippen LogP) is 2.04. The predicted molar refractivity (Wildman–Crippen MR) is 83.9 cm³/mol. The van der Waals surface area contributed by atoms with E-state index in [0.29, 0.717) is 6.42 Å². The van der Waals surface area contributed by atoms with Crippen LogP contribution in [-0.2, 0) is 26.9 Å². The van der Waals surface area contributed by atoms with Gasteiger partial charge in [-0.3, -0.25) is 4.79 Å². The molecule has 1 saturated heterocycles. The smallest absolute Gasteiger partial charge is 0.399 e. The zero-order chi connectivity index (χ0) is 15.4. The Labute approximate surface area is 126 Å². The highest BCUT2D eigenvalue weighted by Gasteiger charge is 2.51. The summed E-state index contributed by atoms with van der Waals surface area (Å²) in [6.07, 6.45) is 1.31. The number of hydrogen-bond donors (Lipinski definition) is 1. The number of carbonyl (C=O) groups excluding carboxylic acids is 1. The van der Waals surface area contributed by atoms with Crippen LogP contribution in [0, 0.1) is 0 Å². The molecular weight excluding hydrogens is 265 g/mol. The van der Waals surface area contributed by atoms with Crippen molar-refractivity contribution >= 4 is 24.2 Å². The molecule has 2 aliphatic rings. The molecule has 2 heterocycles. The first-order chi connectivity index (χ1) is 9.73. The summed E-state index contributed by atoms with van der Waals surface area (Å²) in [5.41, 5.74) is 3.46. The molecular formula is C16H22BNO3. The lowest BCUT2D eigenvalue weighted by molar-refractivity contribution is -0.115. The summed E-state index contributed by atoms with van der Waals surface area (Å²) in [5.74, 6) is 0.0609. The van der Waals surface area contributed by atoms with Crippen molar-refractivity contribution in [3.05, 3.63) is 23.3 Å². The van der Waals surface area contributed by atoms with Crippen LogP contribution in [0.25, 0.3) is 0 Å². The number of rotatable bonds is 2. The summed E-state index contributed by atoms with van der Waals surface area (Å²) in [6.45, 7) is 10.3. The van der Waals surface area contributed by atoms with E-state index in [2.05, 4.69) is 18.3 Å². The van der Waals surface area contributed by atoms with E-state index >= 15 is 0 Å². The molecule has 0 saturated carbocycles. The number of nitrogens with one attached hydrogen (secondary N) is 1. The number of carbonyl (C=O) groups is 1. The van der Waals surface area contributed by atoms with Gasteiger partial charge in [-0.25, -0.2) is 0 Å². The molecule has 4 nitrogen and oxygen atoms in total. The zero-order valence-corrected chi connectivity index (χ0v) is 13.4. The fraction of sp³-hybridized carbons (Fsp3) is 0.562. The van der Waals surface area contributed by atoms with Gasteiger partial charge in [0.15, 0.2) is 0 Å². The van der Waals surface area contributed by atoms with Gasteiger partial charge in [-0.1, -0.05) is 19.1 Å². The molecule has 0 unspecified atom stereocenters. The molecule has 0 bridgehead atoms. The largest absolute Gasteiger partial charge is 0.494 e. The van der Waals surface area contributed by atoms with E-state index in [1.807, 2.05) is 33.8 Å². The first kappa shape index (κ1) is 14.6. The molecule has 1 amide bonds. The number of amides is 1. The Morgan fingerprint density at radius 1 is 1.19 bits per heavy atom. The summed E-state index contributed by atoms with van der Waals surface area (Å²) < 4.78 is 12.2. The van der Waals surface area contributed by atoms with E-state index in [-0.39, 0.29) is 24.2 Å². The average Bonchev–Trinajstić information content (AvgIpc) is 2.85. The van der Waals surface area contributed by atoms with Gasteiger partial charge in [0, 0.05) is 5.69 Å². The summed E-state index contributed by atoms with van der Waals surface area (Å²) >= 11 is 0. The summed E-state index contributed by atoms with van der Waals surface area (Å²) in [4.78, 5) is 11.6.